The molecule has 0 heterocycles. The van der Waals surface area contributed by atoms with Gasteiger partial charge in [-0.15, -0.1) is 0 Å². The monoisotopic (exact) mass is 265 g/mol. The normalized spacial score (nSPS) is 10.1. The SMILES string of the molecule is O=[N+]([O-])c1c(Cl)cccc1Oc1ccc(O)cc1. The fraction of sp³-hybridized carbons (Fsp3) is 0. The van der Waals surface area contributed by atoms with Crippen molar-refractivity contribution in [2.75, 3.05) is 0 Å². The first kappa shape index (κ1) is 12.2. The Hall–Kier alpha value is -2.27. The van der Waals surface area contributed by atoms with Gasteiger partial charge in [-0.3, -0.25) is 10.1 Å². The summed E-state index contributed by atoms with van der Waals surface area (Å²) >= 11 is 5.75. The van der Waals surface area contributed by atoms with Gasteiger partial charge in [0.15, 0.2) is 0 Å². The molecule has 0 aromatic heterocycles. The Morgan fingerprint density at radius 1 is 1.17 bits per heavy atom. The molecule has 92 valence electrons. The zero-order chi connectivity index (χ0) is 13.1. The summed E-state index contributed by atoms with van der Waals surface area (Å²) in [6.07, 6.45) is 0. The van der Waals surface area contributed by atoms with E-state index in [2.05, 4.69) is 0 Å². The molecule has 0 fully saturated rings. The maximum absolute atomic E-state index is 10.9. The minimum Gasteiger partial charge on any atom is -0.508 e. The molecule has 0 saturated heterocycles. The maximum Gasteiger partial charge on any atom is 0.329 e. The second kappa shape index (κ2) is 4.93. The lowest BCUT2D eigenvalue weighted by molar-refractivity contribution is -0.385. The Kier molecular flexibility index (Phi) is 3.34. The molecule has 0 unspecified atom stereocenters. The van der Waals surface area contributed by atoms with Crippen LogP contribution in [-0.4, -0.2) is 10.0 Å². The van der Waals surface area contributed by atoms with Crippen LogP contribution < -0.4 is 4.74 Å². The number of halogens is 1. The van der Waals surface area contributed by atoms with Crippen LogP contribution in [0, 0.1) is 10.1 Å². The number of ether oxygens (including phenoxy) is 1. The van der Waals surface area contributed by atoms with Crippen LogP contribution in [0.25, 0.3) is 0 Å². The second-order valence-electron chi connectivity index (χ2n) is 3.44. The molecule has 0 aliphatic carbocycles. The summed E-state index contributed by atoms with van der Waals surface area (Å²) in [5.41, 5.74) is -0.285. The van der Waals surface area contributed by atoms with Crippen molar-refractivity contribution in [2.24, 2.45) is 0 Å². The standard InChI is InChI=1S/C12H8ClNO4/c13-10-2-1-3-11(12(10)14(16)17)18-9-6-4-8(15)5-7-9/h1-7,15H. The van der Waals surface area contributed by atoms with Crippen molar-refractivity contribution in [1.29, 1.82) is 0 Å². The number of para-hydroxylation sites is 1. The van der Waals surface area contributed by atoms with Gasteiger partial charge in [-0.1, -0.05) is 17.7 Å². The summed E-state index contributed by atoms with van der Waals surface area (Å²) < 4.78 is 5.37. The Labute approximate surface area is 107 Å². The zero-order valence-electron chi connectivity index (χ0n) is 9.04. The summed E-state index contributed by atoms with van der Waals surface area (Å²) in [7, 11) is 0. The Balaban J connectivity index is 2.37. The van der Waals surface area contributed by atoms with E-state index in [1.807, 2.05) is 0 Å². The van der Waals surface area contributed by atoms with Crippen molar-refractivity contribution in [1.82, 2.24) is 0 Å². The van der Waals surface area contributed by atoms with Gasteiger partial charge in [0.1, 0.15) is 16.5 Å². The van der Waals surface area contributed by atoms with E-state index in [4.69, 9.17) is 21.4 Å². The van der Waals surface area contributed by atoms with Crippen LogP contribution >= 0.6 is 11.6 Å². The minimum atomic E-state index is -0.599. The molecule has 5 nitrogen and oxygen atoms in total. The van der Waals surface area contributed by atoms with Crippen molar-refractivity contribution in [2.45, 2.75) is 0 Å². The number of hydrogen-bond acceptors (Lipinski definition) is 4. The van der Waals surface area contributed by atoms with Gasteiger partial charge in [0.2, 0.25) is 5.75 Å². The Morgan fingerprint density at radius 2 is 1.83 bits per heavy atom. The van der Waals surface area contributed by atoms with E-state index in [0.717, 1.165) is 0 Å². The first-order valence-electron chi connectivity index (χ1n) is 4.97. The average Bonchev–Trinajstić information content (AvgIpc) is 2.32. The average molecular weight is 266 g/mol. The number of phenols is 1. The predicted octanol–water partition coefficient (Wildman–Crippen LogP) is 3.75. The highest BCUT2D eigenvalue weighted by molar-refractivity contribution is 6.32. The summed E-state index contributed by atoms with van der Waals surface area (Å²) in [6, 6.07) is 10.3. The van der Waals surface area contributed by atoms with Gasteiger partial charge in [0.05, 0.1) is 4.92 Å². The molecular formula is C12H8ClNO4. The first-order valence-corrected chi connectivity index (χ1v) is 5.35. The minimum absolute atomic E-state index is 0.0104. The van der Waals surface area contributed by atoms with Crippen molar-refractivity contribution < 1.29 is 14.8 Å². The Bertz CT molecular complexity index is 583. The number of nitro benzene ring substituents is 1. The summed E-state index contributed by atoms with van der Waals surface area (Å²) in [4.78, 5) is 10.3. The zero-order valence-corrected chi connectivity index (χ0v) is 9.79. The second-order valence-corrected chi connectivity index (χ2v) is 3.85. The van der Waals surface area contributed by atoms with Gasteiger partial charge in [0.25, 0.3) is 0 Å². The van der Waals surface area contributed by atoms with E-state index in [-0.39, 0.29) is 22.2 Å². The molecule has 2 aromatic rings. The summed E-state index contributed by atoms with van der Waals surface area (Å²) in [5.74, 6) is 0.513. The molecule has 0 aliphatic heterocycles. The van der Waals surface area contributed by atoms with Crippen LogP contribution in [0.5, 0.6) is 17.2 Å². The molecule has 2 rings (SSSR count). The number of aromatic hydroxyl groups is 1. The van der Waals surface area contributed by atoms with Gasteiger partial charge in [0, 0.05) is 0 Å². The van der Waals surface area contributed by atoms with E-state index in [1.165, 1.54) is 36.4 Å². The van der Waals surface area contributed by atoms with Crippen LogP contribution in [0.2, 0.25) is 5.02 Å². The van der Waals surface area contributed by atoms with Gasteiger partial charge in [-0.05, 0) is 36.4 Å². The van der Waals surface area contributed by atoms with Gasteiger partial charge in [-0.25, -0.2) is 0 Å². The molecule has 18 heavy (non-hydrogen) atoms. The molecule has 0 amide bonds. The smallest absolute Gasteiger partial charge is 0.329 e. The quantitative estimate of drug-likeness (QED) is 0.678. The fourth-order valence-corrected chi connectivity index (χ4v) is 1.63. The van der Waals surface area contributed by atoms with Gasteiger partial charge < -0.3 is 9.84 Å². The molecule has 6 heteroatoms. The topological polar surface area (TPSA) is 72.6 Å². The van der Waals surface area contributed by atoms with Crippen LogP contribution in [0.4, 0.5) is 5.69 Å². The molecule has 1 N–H and O–H groups in total. The Morgan fingerprint density at radius 3 is 2.44 bits per heavy atom. The molecule has 0 radical (unpaired) electrons. The molecule has 0 atom stereocenters. The first-order chi connectivity index (χ1) is 8.58. The summed E-state index contributed by atoms with van der Waals surface area (Å²) in [6.45, 7) is 0. The predicted molar refractivity (Wildman–Crippen MR) is 66.3 cm³/mol. The van der Waals surface area contributed by atoms with E-state index >= 15 is 0 Å². The lowest BCUT2D eigenvalue weighted by Crippen LogP contribution is -1.94. The number of hydrogen-bond donors (Lipinski definition) is 1. The number of nitro groups is 1. The molecule has 0 saturated carbocycles. The number of phenolic OH excluding ortho intramolecular Hbond substituents is 1. The lowest BCUT2D eigenvalue weighted by Gasteiger charge is -2.06. The van der Waals surface area contributed by atoms with Crippen molar-refractivity contribution in [3.63, 3.8) is 0 Å². The van der Waals surface area contributed by atoms with Gasteiger partial charge >= 0.3 is 5.69 Å². The number of benzene rings is 2. The third-order valence-corrected chi connectivity index (χ3v) is 2.50. The fourth-order valence-electron chi connectivity index (χ4n) is 1.40. The van der Waals surface area contributed by atoms with Crippen LogP contribution in [0.1, 0.15) is 0 Å². The van der Waals surface area contributed by atoms with E-state index in [9.17, 15) is 10.1 Å². The summed E-state index contributed by atoms with van der Waals surface area (Å²) in [5, 5.41) is 20.0. The highest BCUT2D eigenvalue weighted by Crippen LogP contribution is 2.37. The van der Waals surface area contributed by atoms with Crippen molar-refractivity contribution in [3.8, 4) is 17.2 Å². The number of rotatable bonds is 3. The van der Waals surface area contributed by atoms with E-state index < -0.39 is 4.92 Å². The number of nitrogens with zero attached hydrogens (tertiary/aromatic N) is 1. The van der Waals surface area contributed by atoms with Crippen molar-refractivity contribution >= 4 is 17.3 Å². The largest absolute Gasteiger partial charge is 0.508 e. The molecule has 0 spiro atoms. The van der Waals surface area contributed by atoms with E-state index in [1.54, 1.807) is 6.07 Å². The lowest BCUT2D eigenvalue weighted by atomic mass is 10.3. The molecular weight excluding hydrogens is 258 g/mol. The van der Waals surface area contributed by atoms with Crippen LogP contribution in [-0.2, 0) is 0 Å². The maximum atomic E-state index is 10.9. The van der Waals surface area contributed by atoms with Crippen molar-refractivity contribution in [3.05, 3.63) is 57.6 Å². The van der Waals surface area contributed by atoms with Crippen LogP contribution in [0.3, 0.4) is 0 Å². The van der Waals surface area contributed by atoms with E-state index in [0.29, 0.717) is 5.75 Å². The van der Waals surface area contributed by atoms with Gasteiger partial charge in [-0.2, -0.15) is 0 Å². The highest BCUT2D eigenvalue weighted by Gasteiger charge is 2.20. The highest BCUT2D eigenvalue weighted by atomic mass is 35.5. The third-order valence-electron chi connectivity index (χ3n) is 2.20. The molecule has 0 aliphatic rings. The third kappa shape index (κ3) is 2.52. The molecule has 0 bridgehead atoms. The van der Waals surface area contributed by atoms with Crippen LogP contribution in [0.15, 0.2) is 42.5 Å². The molecule has 2 aromatic carbocycles.